The Morgan fingerprint density at radius 3 is 2.87 bits per heavy atom. The summed E-state index contributed by atoms with van der Waals surface area (Å²) >= 11 is 3.26. The molecule has 1 aromatic carbocycles. The van der Waals surface area contributed by atoms with E-state index in [0.717, 1.165) is 4.47 Å². The van der Waals surface area contributed by atoms with Crippen LogP contribution in [0.4, 0.5) is 5.69 Å². The molecule has 0 aliphatic heterocycles. The molecule has 1 atom stereocenters. The molecule has 0 heterocycles. The topological polar surface area (TPSA) is 75.3 Å². The average Bonchev–Trinajstić information content (AvgIpc) is 2.14. The summed E-state index contributed by atoms with van der Waals surface area (Å²) in [5.74, 6) is -0.277. The molecule has 1 aromatic rings. The molecule has 0 fully saturated rings. The van der Waals surface area contributed by atoms with E-state index in [4.69, 9.17) is 10.8 Å². The Bertz CT molecular complexity index is 366. The Labute approximate surface area is 96.6 Å². The van der Waals surface area contributed by atoms with E-state index in [0.29, 0.717) is 11.3 Å². The largest absolute Gasteiger partial charge is 0.398 e. The first-order chi connectivity index (χ1) is 7.00. The maximum Gasteiger partial charge on any atom is 0.253 e. The molecule has 1 rings (SSSR count). The Hall–Kier alpha value is -1.07. The molecule has 0 saturated carbocycles. The number of anilines is 1. The predicted octanol–water partition coefficient (Wildman–Crippen LogP) is 1.14. The van der Waals surface area contributed by atoms with Crippen LogP contribution in [0.5, 0.6) is 0 Å². The lowest BCUT2D eigenvalue weighted by molar-refractivity contribution is 0.0925. The molecule has 1 amide bonds. The standard InChI is InChI=1S/C10H13BrN2O2/c1-6(14)5-13-10(15)8-3-2-7(11)4-9(8)12/h2-4,6,14H,5,12H2,1H3,(H,13,15)/t6-/m1/s1. The normalized spacial score (nSPS) is 12.2. The zero-order chi connectivity index (χ0) is 11.4. The first-order valence-corrected chi connectivity index (χ1v) is 5.31. The van der Waals surface area contributed by atoms with E-state index < -0.39 is 6.10 Å². The highest BCUT2D eigenvalue weighted by atomic mass is 79.9. The number of aliphatic hydroxyl groups is 1. The number of nitrogens with two attached hydrogens (primary N) is 1. The van der Waals surface area contributed by atoms with Crippen LogP contribution in [0.2, 0.25) is 0 Å². The molecular weight excluding hydrogens is 260 g/mol. The van der Waals surface area contributed by atoms with Crippen LogP contribution in [0.15, 0.2) is 22.7 Å². The number of hydrogen-bond donors (Lipinski definition) is 3. The van der Waals surface area contributed by atoms with Gasteiger partial charge in [0.25, 0.3) is 5.91 Å². The van der Waals surface area contributed by atoms with Crippen molar-refractivity contribution in [3.63, 3.8) is 0 Å². The van der Waals surface area contributed by atoms with E-state index in [1.165, 1.54) is 0 Å². The van der Waals surface area contributed by atoms with Crippen LogP contribution in [-0.2, 0) is 0 Å². The van der Waals surface area contributed by atoms with E-state index >= 15 is 0 Å². The lowest BCUT2D eigenvalue weighted by Gasteiger charge is -2.09. The van der Waals surface area contributed by atoms with E-state index in [9.17, 15) is 4.79 Å². The fourth-order valence-corrected chi connectivity index (χ4v) is 1.45. The van der Waals surface area contributed by atoms with Gasteiger partial charge in [-0.3, -0.25) is 4.79 Å². The summed E-state index contributed by atoms with van der Waals surface area (Å²) < 4.78 is 0.826. The number of nitrogen functional groups attached to an aromatic ring is 1. The molecule has 0 aromatic heterocycles. The first-order valence-electron chi connectivity index (χ1n) is 4.52. The molecule has 0 spiro atoms. The number of hydrogen-bond acceptors (Lipinski definition) is 3. The van der Waals surface area contributed by atoms with Gasteiger partial charge < -0.3 is 16.2 Å². The average molecular weight is 273 g/mol. The maximum absolute atomic E-state index is 11.6. The van der Waals surface area contributed by atoms with Crippen molar-refractivity contribution in [1.29, 1.82) is 0 Å². The fraction of sp³-hybridized carbons (Fsp3) is 0.300. The third-order valence-electron chi connectivity index (χ3n) is 1.82. The highest BCUT2D eigenvalue weighted by molar-refractivity contribution is 9.10. The zero-order valence-corrected chi connectivity index (χ0v) is 9.91. The van der Waals surface area contributed by atoms with Gasteiger partial charge in [-0.15, -0.1) is 0 Å². The maximum atomic E-state index is 11.6. The van der Waals surface area contributed by atoms with E-state index in [2.05, 4.69) is 21.2 Å². The summed E-state index contributed by atoms with van der Waals surface area (Å²) in [7, 11) is 0. The number of rotatable bonds is 3. The molecule has 0 bridgehead atoms. The quantitative estimate of drug-likeness (QED) is 0.723. The number of halogens is 1. The summed E-state index contributed by atoms with van der Waals surface area (Å²) in [5.41, 5.74) is 6.50. The van der Waals surface area contributed by atoms with Gasteiger partial charge in [-0.25, -0.2) is 0 Å². The van der Waals surface area contributed by atoms with Gasteiger partial charge >= 0.3 is 0 Å². The van der Waals surface area contributed by atoms with E-state index in [-0.39, 0.29) is 12.5 Å². The fourth-order valence-electron chi connectivity index (χ4n) is 1.08. The molecule has 0 unspecified atom stereocenters. The van der Waals surface area contributed by atoms with Crippen LogP contribution < -0.4 is 11.1 Å². The number of nitrogens with one attached hydrogen (secondary N) is 1. The first kappa shape index (κ1) is 12.0. The molecule has 0 radical (unpaired) electrons. The number of benzene rings is 1. The summed E-state index contributed by atoms with van der Waals surface area (Å²) in [4.78, 5) is 11.6. The van der Waals surface area contributed by atoms with Gasteiger partial charge in [0.05, 0.1) is 11.7 Å². The van der Waals surface area contributed by atoms with Crippen LogP contribution in [0, 0.1) is 0 Å². The van der Waals surface area contributed by atoms with Gasteiger partial charge in [-0.2, -0.15) is 0 Å². The van der Waals surface area contributed by atoms with Crippen LogP contribution in [0.1, 0.15) is 17.3 Å². The second-order valence-corrected chi connectivity index (χ2v) is 4.21. The van der Waals surface area contributed by atoms with Crippen molar-refractivity contribution < 1.29 is 9.90 Å². The van der Waals surface area contributed by atoms with Gasteiger partial charge in [-0.1, -0.05) is 15.9 Å². The molecule has 4 N–H and O–H groups in total. The second kappa shape index (κ2) is 5.14. The minimum Gasteiger partial charge on any atom is -0.398 e. The number of carbonyl (C=O) groups is 1. The molecule has 0 aliphatic rings. The minimum absolute atomic E-state index is 0.217. The van der Waals surface area contributed by atoms with Gasteiger partial charge in [0, 0.05) is 16.7 Å². The van der Waals surface area contributed by atoms with E-state index in [1.54, 1.807) is 25.1 Å². The molecule has 0 saturated heterocycles. The lowest BCUT2D eigenvalue weighted by atomic mass is 10.1. The zero-order valence-electron chi connectivity index (χ0n) is 8.33. The second-order valence-electron chi connectivity index (χ2n) is 3.29. The summed E-state index contributed by atoms with van der Waals surface area (Å²) in [6.45, 7) is 1.82. The van der Waals surface area contributed by atoms with Gasteiger partial charge in [0.15, 0.2) is 0 Å². The smallest absolute Gasteiger partial charge is 0.253 e. The van der Waals surface area contributed by atoms with Crippen molar-refractivity contribution in [1.82, 2.24) is 5.32 Å². The van der Waals surface area contributed by atoms with Crippen molar-refractivity contribution in [2.24, 2.45) is 0 Å². The Morgan fingerprint density at radius 1 is 1.67 bits per heavy atom. The third-order valence-corrected chi connectivity index (χ3v) is 2.31. The number of aliphatic hydroxyl groups excluding tert-OH is 1. The van der Waals surface area contributed by atoms with Crippen LogP contribution in [0.3, 0.4) is 0 Å². The molecule has 4 nitrogen and oxygen atoms in total. The van der Waals surface area contributed by atoms with Crippen molar-refractivity contribution in [3.8, 4) is 0 Å². The number of carbonyl (C=O) groups excluding carboxylic acids is 1. The van der Waals surface area contributed by atoms with E-state index in [1.807, 2.05) is 0 Å². The van der Waals surface area contributed by atoms with Crippen molar-refractivity contribution in [2.75, 3.05) is 12.3 Å². The monoisotopic (exact) mass is 272 g/mol. The summed E-state index contributed by atoms with van der Waals surface area (Å²) in [6, 6.07) is 5.04. The van der Waals surface area contributed by atoms with Crippen molar-refractivity contribution in [3.05, 3.63) is 28.2 Å². The summed E-state index contributed by atoms with van der Waals surface area (Å²) in [6.07, 6.45) is -0.564. The molecule has 0 aliphatic carbocycles. The van der Waals surface area contributed by atoms with Crippen molar-refractivity contribution >= 4 is 27.5 Å². The summed E-state index contributed by atoms with van der Waals surface area (Å²) in [5, 5.41) is 11.6. The Morgan fingerprint density at radius 2 is 2.33 bits per heavy atom. The lowest BCUT2D eigenvalue weighted by Crippen LogP contribution is -2.31. The van der Waals surface area contributed by atoms with Crippen LogP contribution >= 0.6 is 15.9 Å². The Kier molecular flexibility index (Phi) is 4.11. The molecular formula is C10H13BrN2O2. The number of amides is 1. The van der Waals surface area contributed by atoms with Gasteiger partial charge in [0.1, 0.15) is 0 Å². The molecule has 82 valence electrons. The van der Waals surface area contributed by atoms with Gasteiger partial charge in [-0.05, 0) is 25.1 Å². The van der Waals surface area contributed by atoms with Crippen molar-refractivity contribution in [2.45, 2.75) is 13.0 Å². The SMILES string of the molecule is C[C@@H](O)CNC(=O)c1ccc(Br)cc1N. The Balaban J connectivity index is 2.74. The minimum atomic E-state index is -0.564. The van der Waals surface area contributed by atoms with Crippen LogP contribution in [-0.4, -0.2) is 23.7 Å². The highest BCUT2D eigenvalue weighted by Crippen LogP contribution is 2.18. The molecule has 15 heavy (non-hydrogen) atoms. The highest BCUT2D eigenvalue weighted by Gasteiger charge is 2.09. The van der Waals surface area contributed by atoms with Gasteiger partial charge in [0.2, 0.25) is 0 Å². The van der Waals surface area contributed by atoms with Crippen LogP contribution in [0.25, 0.3) is 0 Å². The third kappa shape index (κ3) is 3.53. The predicted molar refractivity (Wildman–Crippen MR) is 62.6 cm³/mol. The molecule has 5 heteroatoms.